The first-order chi connectivity index (χ1) is 9.51. The minimum absolute atomic E-state index is 0.0523. The maximum absolute atomic E-state index is 14.0. The SMILES string of the molecule is CCC(CC)(CC)NCc1ccc(C(N)=NO)cc1F. The Balaban J connectivity index is 2.84. The number of amidine groups is 1. The van der Waals surface area contributed by atoms with E-state index in [-0.39, 0.29) is 17.2 Å². The Morgan fingerprint density at radius 1 is 1.30 bits per heavy atom. The zero-order valence-corrected chi connectivity index (χ0v) is 12.4. The van der Waals surface area contributed by atoms with Gasteiger partial charge in [-0.15, -0.1) is 0 Å². The van der Waals surface area contributed by atoms with Crippen LogP contribution in [0.4, 0.5) is 4.39 Å². The zero-order valence-electron chi connectivity index (χ0n) is 12.4. The van der Waals surface area contributed by atoms with E-state index in [9.17, 15) is 4.39 Å². The molecule has 0 atom stereocenters. The van der Waals surface area contributed by atoms with Crippen molar-refractivity contribution in [1.82, 2.24) is 5.32 Å². The molecule has 0 unspecified atom stereocenters. The Kier molecular flexibility index (Phi) is 5.95. The van der Waals surface area contributed by atoms with Crippen molar-refractivity contribution in [2.45, 2.75) is 52.1 Å². The predicted octanol–water partition coefficient (Wildman–Crippen LogP) is 2.98. The lowest BCUT2D eigenvalue weighted by atomic mass is 9.89. The highest BCUT2D eigenvalue weighted by atomic mass is 19.1. The number of nitrogens with one attached hydrogen (secondary N) is 1. The number of oxime groups is 1. The van der Waals surface area contributed by atoms with Crippen LogP contribution in [0.25, 0.3) is 0 Å². The summed E-state index contributed by atoms with van der Waals surface area (Å²) in [4.78, 5) is 0. The van der Waals surface area contributed by atoms with Crippen LogP contribution in [0.5, 0.6) is 0 Å². The molecule has 0 aliphatic heterocycles. The summed E-state index contributed by atoms with van der Waals surface area (Å²) < 4.78 is 14.0. The molecule has 1 aromatic rings. The first kappa shape index (κ1) is 16.4. The van der Waals surface area contributed by atoms with E-state index in [1.165, 1.54) is 6.07 Å². The molecule has 0 aromatic heterocycles. The molecule has 0 heterocycles. The fourth-order valence-electron chi connectivity index (χ4n) is 2.32. The van der Waals surface area contributed by atoms with Gasteiger partial charge >= 0.3 is 0 Å². The van der Waals surface area contributed by atoms with Crippen molar-refractivity contribution in [2.24, 2.45) is 10.9 Å². The van der Waals surface area contributed by atoms with Crippen LogP contribution in [0.3, 0.4) is 0 Å². The second-order valence-corrected chi connectivity index (χ2v) is 4.99. The number of benzene rings is 1. The minimum Gasteiger partial charge on any atom is -0.409 e. The standard InChI is InChI=1S/C15H24FN3O/c1-4-15(5-2,6-3)18-10-12-8-7-11(9-13(12)16)14(17)19-20/h7-9,18,20H,4-6,10H2,1-3H3,(H2,17,19). The summed E-state index contributed by atoms with van der Waals surface area (Å²) in [6.07, 6.45) is 3.01. The minimum atomic E-state index is -0.348. The van der Waals surface area contributed by atoms with Crippen molar-refractivity contribution in [2.75, 3.05) is 0 Å². The molecule has 0 fully saturated rings. The van der Waals surface area contributed by atoms with Gasteiger partial charge in [0.15, 0.2) is 5.84 Å². The van der Waals surface area contributed by atoms with Gasteiger partial charge in [0, 0.05) is 23.2 Å². The topological polar surface area (TPSA) is 70.6 Å². The first-order valence-corrected chi connectivity index (χ1v) is 7.03. The molecule has 0 saturated carbocycles. The van der Waals surface area contributed by atoms with Gasteiger partial charge in [-0.3, -0.25) is 0 Å². The highest BCUT2D eigenvalue weighted by Gasteiger charge is 2.23. The second kappa shape index (κ2) is 7.24. The lowest BCUT2D eigenvalue weighted by Crippen LogP contribution is -2.43. The molecular weight excluding hydrogens is 257 g/mol. The number of nitrogens with zero attached hydrogens (tertiary/aromatic N) is 1. The molecule has 0 spiro atoms. The molecule has 0 aliphatic rings. The van der Waals surface area contributed by atoms with E-state index in [2.05, 4.69) is 31.2 Å². The van der Waals surface area contributed by atoms with Crippen LogP contribution in [0.1, 0.15) is 51.2 Å². The van der Waals surface area contributed by atoms with Crippen LogP contribution < -0.4 is 11.1 Å². The van der Waals surface area contributed by atoms with Gasteiger partial charge in [0.05, 0.1) is 0 Å². The van der Waals surface area contributed by atoms with Gasteiger partial charge in [0.1, 0.15) is 5.82 Å². The molecule has 0 saturated heterocycles. The van der Waals surface area contributed by atoms with Gasteiger partial charge in [-0.05, 0) is 25.3 Å². The van der Waals surface area contributed by atoms with E-state index in [0.717, 1.165) is 19.3 Å². The smallest absolute Gasteiger partial charge is 0.170 e. The summed E-state index contributed by atoms with van der Waals surface area (Å²) >= 11 is 0. The molecule has 112 valence electrons. The van der Waals surface area contributed by atoms with Crippen molar-refractivity contribution in [3.63, 3.8) is 0 Å². The van der Waals surface area contributed by atoms with Crippen LogP contribution in [0, 0.1) is 5.82 Å². The summed E-state index contributed by atoms with van der Waals surface area (Å²) in [6, 6.07) is 4.61. The fourth-order valence-corrected chi connectivity index (χ4v) is 2.32. The van der Waals surface area contributed by atoms with Crippen LogP contribution in [0.15, 0.2) is 23.4 Å². The maximum atomic E-state index is 14.0. The van der Waals surface area contributed by atoms with Gasteiger partial charge in [-0.2, -0.15) is 0 Å². The van der Waals surface area contributed by atoms with Gasteiger partial charge in [0.2, 0.25) is 0 Å². The van der Waals surface area contributed by atoms with Crippen molar-refractivity contribution < 1.29 is 9.60 Å². The molecule has 0 radical (unpaired) electrons. The monoisotopic (exact) mass is 281 g/mol. The molecule has 4 nitrogen and oxygen atoms in total. The van der Waals surface area contributed by atoms with E-state index in [4.69, 9.17) is 10.9 Å². The van der Waals surface area contributed by atoms with E-state index in [1.54, 1.807) is 12.1 Å². The second-order valence-electron chi connectivity index (χ2n) is 4.99. The Hall–Kier alpha value is -1.62. The Morgan fingerprint density at radius 3 is 2.35 bits per heavy atom. The average Bonchev–Trinajstić information content (AvgIpc) is 2.49. The molecule has 20 heavy (non-hydrogen) atoms. The van der Waals surface area contributed by atoms with Crippen molar-refractivity contribution in [3.05, 3.63) is 35.1 Å². The number of nitrogens with two attached hydrogens (primary N) is 1. The van der Waals surface area contributed by atoms with E-state index < -0.39 is 0 Å². The largest absolute Gasteiger partial charge is 0.409 e. The van der Waals surface area contributed by atoms with Gasteiger partial charge in [0.25, 0.3) is 0 Å². The van der Waals surface area contributed by atoms with E-state index in [1.807, 2.05) is 0 Å². The summed E-state index contributed by atoms with van der Waals surface area (Å²) in [5, 5.41) is 14.9. The van der Waals surface area contributed by atoms with Crippen LogP contribution in [0.2, 0.25) is 0 Å². The third-order valence-corrected chi connectivity index (χ3v) is 4.14. The zero-order chi connectivity index (χ0) is 15.2. The average molecular weight is 281 g/mol. The Labute approximate surface area is 119 Å². The Morgan fingerprint density at radius 2 is 1.90 bits per heavy atom. The number of hydrogen-bond donors (Lipinski definition) is 3. The van der Waals surface area contributed by atoms with Gasteiger partial charge in [-0.1, -0.05) is 38.1 Å². The van der Waals surface area contributed by atoms with Crippen molar-refractivity contribution in [3.8, 4) is 0 Å². The maximum Gasteiger partial charge on any atom is 0.170 e. The van der Waals surface area contributed by atoms with Crippen LogP contribution in [-0.2, 0) is 6.54 Å². The molecular formula is C15H24FN3O. The molecule has 0 bridgehead atoms. The lowest BCUT2D eigenvalue weighted by molar-refractivity contribution is 0.286. The fraction of sp³-hybridized carbons (Fsp3) is 0.533. The molecule has 0 amide bonds. The summed E-state index contributed by atoms with van der Waals surface area (Å²) in [6.45, 7) is 6.88. The molecule has 5 heteroatoms. The number of rotatable bonds is 7. The van der Waals surface area contributed by atoms with Crippen LogP contribution in [-0.4, -0.2) is 16.6 Å². The number of halogens is 1. The summed E-state index contributed by atoms with van der Waals surface area (Å²) in [7, 11) is 0. The Bertz CT molecular complexity index is 462. The van der Waals surface area contributed by atoms with Gasteiger partial charge < -0.3 is 16.3 Å². The predicted molar refractivity (Wildman–Crippen MR) is 79.4 cm³/mol. The molecule has 4 N–H and O–H groups in total. The van der Waals surface area contributed by atoms with E-state index >= 15 is 0 Å². The lowest BCUT2D eigenvalue weighted by Gasteiger charge is -2.32. The van der Waals surface area contributed by atoms with Gasteiger partial charge in [-0.25, -0.2) is 4.39 Å². The normalized spacial score (nSPS) is 12.7. The van der Waals surface area contributed by atoms with Crippen LogP contribution >= 0.6 is 0 Å². The first-order valence-electron chi connectivity index (χ1n) is 7.03. The third-order valence-electron chi connectivity index (χ3n) is 4.14. The van der Waals surface area contributed by atoms with E-state index in [0.29, 0.717) is 17.7 Å². The highest BCUT2D eigenvalue weighted by molar-refractivity contribution is 5.97. The summed E-state index contributed by atoms with van der Waals surface area (Å²) in [5.41, 5.74) is 6.45. The third kappa shape index (κ3) is 3.70. The quantitative estimate of drug-likeness (QED) is 0.311. The summed E-state index contributed by atoms with van der Waals surface area (Å²) in [5.74, 6) is -0.438. The van der Waals surface area contributed by atoms with Crippen molar-refractivity contribution in [1.29, 1.82) is 0 Å². The highest BCUT2D eigenvalue weighted by Crippen LogP contribution is 2.20. The molecule has 1 aromatic carbocycles. The number of hydrogen-bond acceptors (Lipinski definition) is 3. The molecule has 1 rings (SSSR count). The molecule has 0 aliphatic carbocycles. The van der Waals surface area contributed by atoms with Crippen molar-refractivity contribution >= 4 is 5.84 Å².